The molecule has 0 radical (unpaired) electrons. The molecule has 2 aromatic rings. The highest BCUT2D eigenvalue weighted by molar-refractivity contribution is 7.71. The standard InChI is InChI=1S/C12H11ClN2OS/c1-7-5-10(15-12(17)14-7)8-3-4-9(13)11(6-8)16-2/h3-6H,1-2H3,(H,14,15,17). The van der Waals surface area contributed by atoms with Crippen LogP contribution in [0.1, 0.15) is 5.69 Å². The fourth-order valence-electron chi connectivity index (χ4n) is 1.55. The van der Waals surface area contributed by atoms with Crippen LogP contribution < -0.4 is 4.74 Å². The van der Waals surface area contributed by atoms with Crippen LogP contribution >= 0.6 is 23.8 Å². The van der Waals surface area contributed by atoms with Crippen molar-refractivity contribution in [3.63, 3.8) is 0 Å². The molecule has 1 N–H and O–H groups in total. The molecule has 17 heavy (non-hydrogen) atoms. The molecule has 0 aliphatic heterocycles. The first-order chi connectivity index (χ1) is 8.10. The number of rotatable bonds is 2. The highest BCUT2D eigenvalue weighted by atomic mass is 35.5. The van der Waals surface area contributed by atoms with E-state index in [4.69, 9.17) is 28.6 Å². The van der Waals surface area contributed by atoms with Crippen LogP contribution in [0, 0.1) is 11.7 Å². The molecule has 1 heterocycles. The quantitative estimate of drug-likeness (QED) is 0.841. The molecule has 0 spiro atoms. The summed E-state index contributed by atoms with van der Waals surface area (Å²) in [6.07, 6.45) is 0. The predicted molar refractivity (Wildman–Crippen MR) is 71.2 cm³/mol. The highest BCUT2D eigenvalue weighted by Crippen LogP contribution is 2.29. The number of nitrogens with zero attached hydrogens (tertiary/aromatic N) is 1. The van der Waals surface area contributed by atoms with E-state index in [1.165, 1.54) is 0 Å². The van der Waals surface area contributed by atoms with Gasteiger partial charge in [0.25, 0.3) is 0 Å². The SMILES string of the molecule is COc1cc(-c2cc(C)[nH]c(=S)n2)ccc1Cl. The summed E-state index contributed by atoms with van der Waals surface area (Å²) in [6, 6.07) is 7.45. The summed E-state index contributed by atoms with van der Waals surface area (Å²) in [4.78, 5) is 7.24. The van der Waals surface area contributed by atoms with Gasteiger partial charge in [0.15, 0.2) is 4.77 Å². The van der Waals surface area contributed by atoms with Crippen molar-refractivity contribution in [1.82, 2.24) is 9.97 Å². The number of aryl methyl sites for hydroxylation is 1. The molecule has 0 unspecified atom stereocenters. The number of aromatic amines is 1. The van der Waals surface area contributed by atoms with Crippen molar-refractivity contribution in [2.24, 2.45) is 0 Å². The fraction of sp³-hybridized carbons (Fsp3) is 0.167. The maximum absolute atomic E-state index is 5.97. The van der Waals surface area contributed by atoms with E-state index in [1.807, 2.05) is 25.1 Å². The number of hydrogen-bond donors (Lipinski definition) is 1. The maximum atomic E-state index is 5.97. The van der Waals surface area contributed by atoms with Crippen LogP contribution in [0.2, 0.25) is 5.02 Å². The third-order valence-electron chi connectivity index (χ3n) is 2.33. The van der Waals surface area contributed by atoms with Crippen molar-refractivity contribution in [2.75, 3.05) is 7.11 Å². The van der Waals surface area contributed by atoms with Crippen molar-refractivity contribution in [3.05, 3.63) is 39.8 Å². The molecule has 3 nitrogen and oxygen atoms in total. The van der Waals surface area contributed by atoms with Crippen LogP contribution in [0.15, 0.2) is 24.3 Å². The Hall–Kier alpha value is -1.39. The molecule has 0 saturated heterocycles. The Morgan fingerprint density at radius 1 is 1.35 bits per heavy atom. The Balaban J connectivity index is 2.56. The van der Waals surface area contributed by atoms with E-state index in [9.17, 15) is 0 Å². The number of halogens is 1. The molecule has 0 atom stereocenters. The summed E-state index contributed by atoms with van der Waals surface area (Å²) in [7, 11) is 1.58. The average molecular weight is 267 g/mol. The zero-order valence-electron chi connectivity index (χ0n) is 9.45. The first-order valence-electron chi connectivity index (χ1n) is 5.02. The lowest BCUT2D eigenvalue weighted by Crippen LogP contribution is -1.91. The molecule has 0 bridgehead atoms. The van der Waals surface area contributed by atoms with E-state index in [-0.39, 0.29) is 0 Å². The van der Waals surface area contributed by atoms with Gasteiger partial charge in [-0.2, -0.15) is 0 Å². The van der Waals surface area contributed by atoms with Gasteiger partial charge in [-0.05, 0) is 37.3 Å². The zero-order chi connectivity index (χ0) is 12.4. The number of hydrogen-bond acceptors (Lipinski definition) is 3. The van der Waals surface area contributed by atoms with Gasteiger partial charge in [0.2, 0.25) is 0 Å². The minimum absolute atomic E-state index is 0.467. The smallest absolute Gasteiger partial charge is 0.197 e. The van der Waals surface area contributed by atoms with E-state index in [2.05, 4.69) is 9.97 Å². The van der Waals surface area contributed by atoms with Gasteiger partial charge in [-0.3, -0.25) is 0 Å². The van der Waals surface area contributed by atoms with Crippen LogP contribution in [0.4, 0.5) is 0 Å². The van der Waals surface area contributed by atoms with E-state index < -0.39 is 0 Å². The number of benzene rings is 1. The van der Waals surface area contributed by atoms with E-state index in [0.717, 1.165) is 17.0 Å². The second-order valence-corrected chi connectivity index (χ2v) is 4.40. The summed E-state index contributed by atoms with van der Waals surface area (Å²) in [6.45, 7) is 1.94. The Morgan fingerprint density at radius 2 is 2.12 bits per heavy atom. The Kier molecular flexibility index (Phi) is 3.45. The molecule has 2 rings (SSSR count). The van der Waals surface area contributed by atoms with Crippen molar-refractivity contribution in [3.8, 4) is 17.0 Å². The molecule has 0 amide bonds. The monoisotopic (exact) mass is 266 g/mol. The van der Waals surface area contributed by atoms with Crippen LogP contribution in [0.25, 0.3) is 11.3 Å². The van der Waals surface area contributed by atoms with Crippen LogP contribution in [-0.4, -0.2) is 17.1 Å². The van der Waals surface area contributed by atoms with Crippen LogP contribution in [-0.2, 0) is 0 Å². The molecule has 0 saturated carbocycles. The lowest BCUT2D eigenvalue weighted by atomic mass is 10.1. The molecular weight excluding hydrogens is 256 g/mol. The molecule has 5 heteroatoms. The summed E-state index contributed by atoms with van der Waals surface area (Å²) in [5.74, 6) is 0.627. The van der Waals surface area contributed by atoms with Gasteiger partial charge in [0.1, 0.15) is 5.75 Å². The molecule has 1 aromatic carbocycles. The molecule has 88 valence electrons. The minimum Gasteiger partial charge on any atom is -0.495 e. The highest BCUT2D eigenvalue weighted by Gasteiger charge is 2.05. The number of nitrogens with one attached hydrogen (secondary N) is 1. The van der Waals surface area contributed by atoms with E-state index >= 15 is 0 Å². The first-order valence-corrected chi connectivity index (χ1v) is 5.80. The Labute approximate surface area is 109 Å². The van der Waals surface area contributed by atoms with E-state index in [0.29, 0.717) is 15.5 Å². The molecule has 0 fully saturated rings. The molecule has 0 aliphatic carbocycles. The molecule has 1 aromatic heterocycles. The van der Waals surface area contributed by atoms with Gasteiger partial charge in [-0.15, -0.1) is 0 Å². The second-order valence-electron chi connectivity index (χ2n) is 3.60. The third-order valence-corrected chi connectivity index (χ3v) is 2.83. The number of H-pyrrole nitrogens is 1. The summed E-state index contributed by atoms with van der Waals surface area (Å²) >= 11 is 11.0. The Bertz CT molecular complexity index is 610. The predicted octanol–water partition coefficient (Wildman–Crippen LogP) is 3.78. The van der Waals surface area contributed by atoms with Crippen LogP contribution in [0.3, 0.4) is 0 Å². The van der Waals surface area contributed by atoms with Crippen molar-refractivity contribution in [2.45, 2.75) is 6.92 Å². The van der Waals surface area contributed by atoms with Gasteiger partial charge in [-0.25, -0.2) is 4.98 Å². The molecule has 0 aliphatic rings. The van der Waals surface area contributed by atoms with Gasteiger partial charge in [0.05, 0.1) is 17.8 Å². The average Bonchev–Trinajstić information content (AvgIpc) is 2.28. The van der Waals surface area contributed by atoms with Crippen molar-refractivity contribution < 1.29 is 4.74 Å². The second kappa shape index (κ2) is 4.85. The largest absolute Gasteiger partial charge is 0.495 e. The van der Waals surface area contributed by atoms with Crippen molar-refractivity contribution >= 4 is 23.8 Å². The topological polar surface area (TPSA) is 37.9 Å². The fourth-order valence-corrected chi connectivity index (χ4v) is 2.00. The normalized spacial score (nSPS) is 10.3. The number of ether oxygens (including phenoxy) is 1. The number of aromatic nitrogens is 2. The lowest BCUT2D eigenvalue weighted by Gasteiger charge is -2.06. The maximum Gasteiger partial charge on any atom is 0.197 e. The van der Waals surface area contributed by atoms with Crippen LogP contribution in [0.5, 0.6) is 5.75 Å². The van der Waals surface area contributed by atoms with Gasteiger partial charge in [0, 0.05) is 11.3 Å². The Morgan fingerprint density at radius 3 is 2.76 bits per heavy atom. The van der Waals surface area contributed by atoms with Gasteiger partial charge < -0.3 is 9.72 Å². The van der Waals surface area contributed by atoms with E-state index in [1.54, 1.807) is 13.2 Å². The number of methoxy groups -OCH3 is 1. The minimum atomic E-state index is 0.467. The molecular formula is C12H11ClN2OS. The summed E-state index contributed by atoms with van der Waals surface area (Å²) < 4.78 is 5.64. The zero-order valence-corrected chi connectivity index (χ0v) is 11.0. The first kappa shape index (κ1) is 12.1. The third kappa shape index (κ3) is 2.65. The van der Waals surface area contributed by atoms with Gasteiger partial charge in [-0.1, -0.05) is 17.7 Å². The van der Waals surface area contributed by atoms with Crippen molar-refractivity contribution in [1.29, 1.82) is 0 Å². The summed E-state index contributed by atoms with van der Waals surface area (Å²) in [5, 5.41) is 0.578. The summed E-state index contributed by atoms with van der Waals surface area (Å²) in [5.41, 5.74) is 2.70. The lowest BCUT2D eigenvalue weighted by molar-refractivity contribution is 0.415. The van der Waals surface area contributed by atoms with Gasteiger partial charge >= 0.3 is 0 Å².